The van der Waals surface area contributed by atoms with Gasteiger partial charge in [0.25, 0.3) is 5.69 Å². The SMILES string of the molecule is O=C1NC(=O)[C@@H]2[C@@H]1[C@@H](C(=O)Nc1ccc([N+](=O)[O-])cc1)N1c3ccccc3C=C[C@@H]21. The van der Waals surface area contributed by atoms with E-state index in [0.717, 1.165) is 11.3 Å². The molecule has 9 nitrogen and oxygen atoms in total. The molecule has 4 atom stereocenters. The number of anilines is 2. The smallest absolute Gasteiger partial charge is 0.269 e. The molecule has 30 heavy (non-hydrogen) atoms. The Morgan fingerprint density at radius 1 is 1.03 bits per heavy atom. The van der Waals surface area contributed by atoms with Crippen LogP contribution < -0.4 is 15.5 Å². The number of carbonyl (C=O) groups excluding carboxylic acids is 3. The van der Waals surface area contributed by atoms with Crippen LogP contribution in [-0.4, -0.2) is 34.7 Å². The van der Waals surface area contributed by atoms with Gasteiger partial charge in [-0.25, -0.2) is 0 Å². The maximum Gasteiger partial charge on any atom is 0.269 e. The second kappa shape index (κ2) is 6.51. The van der Waals surface area contributed by atoms with Gasteiger partial charge in [0.2, 0.25) is 17.7 Å². The van der Waals surface area contributed by atoms with Gasteiger partial charge in [-0.3, -0.25) is 29.8 Å². The molecule has 9 heteroatoms. The molecule has 0 radical (unpaired) electrons. The van der Waals surface area contributed by atoms with Crippen molar-refractivity contribution in [3.8, 4) is 0 Å². The van der Waals surface area contributed by atoms with Crippen LogP contribution in [0.2, 0.25) is 0 Å². The van der Waals surface area contributed by atoms with Crippen LogP contribution >= 0.6 is 0 Å². The number of carbonyl (C=O) groups is 3. The largest absolute Gasteiger partial charge is 0.351 e. The van der Waals surface area contributed by atoms with Crippen molar-refractivity contribution < 1.29 is 19.3 Å². The molecule has 2 N–H and O–H groups in total. The summed E-state index contributed by atoms with van der Waals surface area (Å²) in [7, 11) is 0. The van der Waals surface area contributed by atoms with E-state index < -0.39 is 40.7 Å². The number of nitrogens with zero attached hydrogens (tertiary/aromatic N) is 2. The van der Waals surface area contributed by atoms with Crippen molar-refractivity contribution in [3.63, 3.8) is 0 Å². The van der Waals surface area contributed by atoms with Gasteiger partial charge in [0.05, 0.1) is 22.8 Å². The zero-order chi connectivity index (χ0) is 21.0. The Bertz CT molecular complexity index is 1130. The summed E-state index contributed by atoms with van der Waals surface area (Å²) >= 11 is 0. The quantitative estimate of drug-likeness (QED) is 0.456. The van der Waals surface area contributed by atoms with E-state index in [4.69, 9.17) is 0 Å². The number of nitro groups is 1. The van der Waals surface area contributed by atoms with E-state index in [0.29, 0.717) is 5.69 Å². The van der Waals surface area contributed by atoms with Crippen LogP contribution in [0.5, 0.6) is 0 Å². The number of benzene rings is 2. The van der Waals surface area contributed by atoms with Crippen molar-refractivity contribution in [2.24, 2.45) is 11.8 Å². The molecule has 0 aromatic heterocycles. The Hall–Kier alpha value is -4.01. The second-order valence-electron chi connectivity index (χ2n) is 7.46. The number of fused-ring (bicyclic) bond motifs is 5. The van der Waals surface area contributed by atoms with Crippen molar-refractivity contribution in [1.82, 2.24) is 5.32 Å². The van der Waals surface area contributed by atoms with Crippen LogP contribution in [-0.2, 0) is 14.4 Å². The lowest BCUT2D eigenvalue weighted by atomic mass is 9.88. The van der Waals surface area contributed by atoms with E-state index in [-0.39, 0.29) is 11.6 Å². The summed E-state index contributed by atoms with van der Waals surface area (Å²) in [6.07, 6.45) is 3.76. The molecule has 2 saturated heterocycles. The van der Waals surface area contributed by atoms with Crippen LogP contribution in [0.3, 0.4) is 0 Å². The number of nitro benzene ring substituents is 1. The van der Waals surface area contributed by atoms with Crippen LogP contribution in [0, 0.1) is 22.0 Å². The van der Waals surface area contributed by atoms with Gasteiger partial charge < -0.3 is 10.2 Å². The molecular weight excluding hydrogens is 388 g/mol. The Morgan fingerprint density at radius 3 is 2.47 bits per heavy atom. The molecule has 0 aliphatic carbocycles. The Balaban J connectivity index is 1.52. The van der Waals surface area contributed by atoms with Gasteiger partial charge in [-0.1, -0.05) is 30.4 Å². The number of nitrogens with one attached hydrogen (secondary N) is 2. The first kappa shape index (κ1) is 18.0. The third kappa shape index (κ3) is 2.59. The van der Waals surface area contributed by atoms with Gasteiger partial charge >= 0.3 is 0 Å². The average Bonchev–Trinajstić information content (AvgIpc) is 3.24. The molecule has 2 aromatic rings. The van der Waals surface area contributed by atoms with E-state index in [2.05, 4.69) is 10.6 Å². The normalized spacial score (nSPS) is 25.9. The van der Waals surface area contributed by atoms with E-state index in [9.17, 15) is 24.5 Å². The third-order valence-electron chi connectivity index (χ3n) is 5.87. The number of hydrogen-bond donors (Lipinski definition) is 2. The van der Waals surface area contributed by atoms with E-state index in [1.807, 2.05) is 41.3 Å². The van der Waals surface area contributed by atoms with Crippen molar-refractivity contribution >= 4 is 40.9 Å². The molecular formula is C21H16N4O5. The predicted molar refractivity (Wildman–Crippen MR) is 107 cm³/mol. The minimum Gasteiger partial charge on any atom is -0.351 e. The van der Waals surface area contributed by atoms with Gasteiger partial charge in [-0.05, 0) is 23.8 Å². The fourth-order valence-corrected chi connectivity index (χ4v) is 4.61. The van der Waals surface area contributed by atoms with Crippen molar-refractivity contribution in [2.75, 3.05) is 10.2 Å². The van der Waals surface area contributed by atoms with Gasteiger partial charge in [-0.2, -0.15) is 0 Å². The number of non-ortho nitro benzene ring substituents is 1. The summed E-state index contributed by atoms with van der Waals surface area (Å²) in [6, 6.07) is 11.6. The molecule has 0 spiro atoms. The number of para-hydroxylation sites is 1. The van der Waals surface area contributed by atoms with Gasteiger partial charge in [0.15, 0.2) is 0 Å². The standard InChI is InChI=1S/C21H16N4O5/c26-19-16-15-10-5-11-3-1-2-4-14(11)24(15)18(17(16)20(27)23-19)21(28)22-12-6-8-13(9-7-12)25(29)30/h1-10,15-18H,(H,22,28)(H,23,26,27)/t15-,16-,17+,18-/m0/s1. The maximum atomic E-state index is 13.3. The first-order valence-corrected chi connectivity index (χ1v) is 9.41. The van der Waals surface area contributed by atoms with Crippen LogP contribution in [0.1, 0.15) is 5.56 Å². The fourth-order valence-electron chi connectivity index (χ4n) is 4.61. The van der Waals surface area contributed by atoms with E-state index in [1.54, 1.807) is 0 Å². The monoisotopic (exact) mass is 404 g/mol. The number of imide groups is 1. The second-order valence-corrected chi connectivity index (χ2v) is 7.46. The van der Waals surface area contributed by atoms with Crippen molar-refractivity contribution in [3.05, 3.63) is 70.3 Å². The maximum absolute atomic E-state index is 13.3. The number of amides is 3. The first-order chi connectivity index (χ1) is 14.5. The third-order valence-corrected chi connectivity index (χ3v) is 5.87. The van der Waals surface area contributed by atoms with Crippen LogP contribution in [0.15, 0.2) is 54.6 Å². The van der Waals surface area contributed by atoms with Crippen LogP contribution in [0.25, 0.3) is 6.08 Å². The topological polar surface area (TPSA) is 122 Å². The molecule has 2 aromatic carbocycles. The summed E-state index contributed by atoms with van der Waals surface area (Å²) in [4.78, 5) is 50.5. The van der Waals surface area contributed by atoms with E-state index in [1.165, 1.54) is 24.3 Å². The Morgan fingerprint density at radius 2 is 1.73 bits per heavy atom. The highest BCUT2D eigenvalue weighted by atomic mass is 16.6. The van der Waals surface area contributed by atoms with Crippen LogP contribution in [0.4, 0.5) is 17.1 Å². The lowest BCUT2D eigenvalue weighted by Gasteiger charge is -2.35. The molecule has 5 rings (SSSR count). The summed E-state index contributed by atoms with van der Waals surface area (Å²) in [5.41, 5.74) is 1.96. The molecule has 3 aliphatic heterocycles. The highest BCUT2D eigenvalue weighted by Gasteiger charge is 2.61. The minimum atomic E-state index is -0.896. The minimum absolute atomic E-state index is 0.0927. The lowest BCUT2D eigenvalue weighted by Crippen LogP contribution is -2.49. The van der Waals surface area contributed by atoms with Crippen molar-refractivity contribution in [1.29, 1.82) is 0 Å². The summed E-state index contributed by atoms with van der Waals surface area (Å²) < 4.78 is 0. The van der Waals surface area contributed by atoms with Gasteiger partial charge in [0.1, 0.15) is 6.04 Å². The number of rotatable bonds is 3. The lowest BCUT2D eigenvalue weighted by molar-refractivity contribution is -0.384. The highest BCUT2D eigenvalue weighted by Crippen LogP contribution is 2.46. The fraction of sp³-hybridized carbons (Fsp3) is 0.190. The number of hydrogen-bond acceptors (Lipinski definition) is 6. The molecule has 2 fully saturated rings. The molecule has 150 valence electrons. The zero-order valence-electron chi connectivity index (χ0n) is 15.5. The summed E-state index contributed by atoms with van der Waals surface area (Å²) in [6.45, 7) is 0. The molecule has 0 unspecified atom stereocenters. The van der Waals surface area contributed by atoms with Gasteiger partial charge in [-0.15, -0.1) is 0 Å². The molecule has 3 heterocycles. The summed E-state index contributed by atoms with van der Waals surface area (Å²) in [5.74, 6) is -2.77. The predicted octanol–water partition coefficient (Wildman–Crippen LogP) is 1.71. The Kier molecular flexibility index (Phi) is 3.92. The van der Waals surface area contributed by atoms with Gasteiger partial charge in [0, 0.05) is 23.5 Å². The van der Waals surface area contributed by atoms with Crippen molar-refractivity contribution in [2.45, 2.75) is 12.1 Å². The molecule has 3 aliphatic rings. The zero-order valence-corrected chi connectivity index (χ0v) is 15.5. The van der Waals surface area contributed by atoms with E-state index >= 15 is 0 Å². The molecule has 3 amide bonds. The molecule has 0 saturated carbocycles. The molecule has 0 bridgehead atoms. The Labute approximate surface area is 170 Å². The summed E-state index contributed by atoms with van der Waals surface area (Å²) in [5, 5.41) is 15.9. The average molecular weight is 404 g/mol. The first-order valence-electron chi connectivity index (χ1n) is 9.41. The highest BCUT2D eigenvalue weighted by molar-refractivity contribution is 6.12.